The van der Waals surface area contributed by atoms with E-state index in [4.69, 9.17) is 44.8 Å². The number of halogens is 2. The summed E-state index contributed by atoms with van der Waals surface area (Å²) >= 11 is 8.39. The molecule has 8 rings (SSSR count). The number of aromatic hydroxyl groups is 1. The van der Waals surface area contributed by atoms with Crippen molar-refractivity contribution in [2.75, 3.05) is 72.9 Å². The first-order valence-corrected chi connectivity index (χ1v) is 25.5. The van der Waals surface area contributed by atoms with Crippen LogP contribution in [-0.2, 0) is 32.7 Å². The van der Waals surface area contributed by atoms with E-state index >= 15 is 0 Å². The van der Waals surface area contributed by atoms with Crippen LogP contribution in [0, 0.1) is 12.7 Å². The Morgan fingerprint density at radius 2 is 1.70 bits per heavy atom. The number of rotatable bonds is 20. The van der Waals surface area contributed by atoms with Crippen LogP contribution in [0.5, 0.6) is 28.9 Å². The first-order chi connectivity index (χ1) is 34.1. The van der Waals surface area contributed by atoms with Crippen LogP contribution in [0.3, 0.4) is 0 Å². The molecule has 71 heavy (non-hydrogen) atoms. The third kappa shape index (κ3) is 12.2. The number of hydrogen-bond acceptors (Lipinski definition) is 15. The normalized spacial score (nSPS) is 14.2. The number of esters is 1. The average Bonchev–Trinajstić information content (AvgIpc) is 3.76. The number of hydrogen-bond donors (Lipinski definition) is 2. The van der Waals surface area contributed by atoms with E-state index in [1.54, 1.807) is 37.6 Å². The van der Waals surface area contributed by atoms with Gasteiger partial charge in [-0.25, -0.2) is 29.1 Å². The van der Waals surface area contributed by atoms with Crippen molar-refractivity contribution >= 4 is 49.2 Å². The molecule has 4 aromatic carbocycles. The van der Waals surface area contributed by atoms with E-state index in [9.17, 15) is 22.7 Å². The zero-order chi connectivity index (χ0) is 50.3. The molecule has 3 aromatic heterocycles. The second kappa shape index (κ2) is 22.3. The second-order valence-corrected chi connectivity index (χ2v) is 20.3. The maximum Gasteiger partial charge on any atom is 0.347 e. The number of fused-ring (bicyclic) bond motifs is 1. The molecule has 0 saturated carbocycles. The van der Waals surface area contributed by atoms with Gasteiger partial charge in [0.05, 0.1) is 68.3 Å². The van der Waals surface area contributed by atoms with E-state index in [2.05, 4.69) is 26.9 Å². The number of carbonyl (C=O) groups is 1. The minimum atomic E-state index is -3.99. The zero-order valence-electron chi connectivity index (χ0n) is 39.5. The lowest BCUT2D eigenvalue weighted by Crippen LogP contribution is -2.58. The fourth-order valence-corrected chi connectivity index (χ4v) is 10.4. The van der Waals surface area contributed by atoms with Crippen molar-refractivity contribution in [3.8, 4) is 61.8 Å². The fourth-order valence-electron chi connectivity index (χ4n) is 8.54. The molecule has 0 spiro atoms. The molecule has 4 heterocycles. The molecule has 1 atom stereocenters. The molecule has 16 nitrogen and oxygen atoms in total. The number of piperazine rings is 1. The molecule has 372 valence electrons. The van der Waals surface area contributed by atoms with Crippen molar-refractivity contribution in [2.45, 2.75) is 32.5 Å². The Kier molecular flexibility index (Phi) is 16.0. The van der Waals surface area contributed by atoms with Crippen LogP contribution < -0.4 is 18.9 Å². The molecule has 1 fully saturated rings. The number of likely N-dealkylation sites (N-methyl/N-ethyl adjacent to an activating group) is 1. The highest BCUT2D eigenvalue weighted by atomic mass is 35.5. The SMILES string of the molecule is COC(=O)C(Cc1ccccc1OCc1ccnc(-c2ccccc2OC)n1)Oc1ncnc2sc(-c3ccc(F)c(O)c3)c(-c3ccc(OCCN4CC[N+](C)(CCCS(=O)(=O)O)CC4)c(Cl)c3C)c12. The largest absolute Gasteiger partial charge is 0.505 e. The minimum absolute atomic E-state index is 0.0204. The third-order valence-corrected chi connectivity index (χ3v) is 14.9. The Morgan fingerprint density at radius 3 is 2.45 bits per heavy atom. The van der Waals surface area contributed by atoms with Crippen LogP contribution in [0.2, 0.25) is 5.02 Å². The summed E-state index contributed by atoms with van der Waals surface area (Å²) in [5, 5.41) is 11.3. The third-order valence-electron chi connectivity index (χ3n) is 12.5. The summed E-state index contributed by atoms with van der Waals surface area (Å²) in [5.41, 5.74) is 4.36. The molecule has 0 amide bonds. The van der Waals surface area contributed by atoms with Gasteiger partial charge >= 0.3 is 5.97 Å². The van der Waals surface area contributed by atoms with E-state index in [1.807, 2.05) is 55.5 Å². The lowest BCUT2D eigenvalue weighted by Gasteiger charge is -2.42. The Labute approximate surface area is 419 Å². The van der Waals surface area contributed by atoms with E-state index in [1.165, 1.54) is 36.9 Å². The highest BCUT2D eigenvalue weighted by Crippen LogP contribution is 2.50. The van der Waals surface area contributed by atoms with Gasteiger partial charge in [0.2, 0.25) is 12.0 Å². The molecular weight excluding hydrogens is 975 g/mol. The minimum Gasteiger partial charge on any atom is -0.505 e. The van der Waals surface area contributed by atoms with Gasteiger partial charge in [-0.3, -0.25) is 9.45 Å². The van der Waals surface area contributed by atoms with Crippen molar-refractivity contribution in [2.24, 2.45) is 0 Å². The number of para-hydroxylation sites is 2. The topological polar surface area (TPSA) is 193 Å². The van der Waals surface area contributed by atoms with Crippen LogP contribution in [0.4, 0.5) is 4.39 Å². The molecule has 1 aliphatic rings. The Hall–Kier alpha value is -6.48. The maximum atomic E-state index is 14.5. The number of quaternary nitrogens is 1. The van der Waals surface area contributed by atoms with E-state index in [0.29, 0.717) is 103 Å². The number of aromatic nitrogens is 4. The van der Waals surface area contributed by atoms with Crippen LogP contribution in [0.15, 0.2) is 97.5 Å². The number of thiophene rings is 1. The number of nitrogens with zero attached hydrogens (tertiary/aromatic N) is 6. The van der Waals surface area contributed by atoms with Crippen LogP contribution >= 0.6 is 22.9 Å². The monoisotopic (exact) mass is 1030 g/mol. The summed E-state index contributed by atoms with van der Waals surface area (Å²) in [6.45, 7) is 6.85. The average molecular weight is 1030 g/mol. The number of carbonyl (C=O) groups excluding carboxylic acids is 1. The quantitative estimate of drug-likeness (QED) is 0.0419. The summed E-state index contributed by atoms with van der Waals surface area (Å²) in [7, 11) is 0.970. The Morgan fingerprint density at radius 1 is 0.944 bits per heavy atom. The zero-order valence-corrected chi connectivity index (χ0v) is 41.9. The lowest BCUT2D eigenvalue weighted by atomic mass is 9.95. The second-order valence-electron chi connectivity index (χ2n) is 17.3. The maximum absolute atomic E-state index is 14.5. The Bertz CT molecular complexity index is 3150. The van der Waals surface area contributed by atoms with Gasteiger partial charge in [-0.05, 0) is 71.6 Å². The fraction of sp³-hybridized carbons (Fsp3) is 0.314. The molecule has 0 aliphatic carbocycles. The Balaban J connectivity index is 1.05. The number of methoxy groups -OCH3 is 2. The smallest absolute Gasteiger partial charge is 0.347 e. The van der Waals surface area contributed by atoms with Gasteiger partial charge in [-0.2, -0.15) is 8.42 Å². The van der Waals surface area contributed by atoms with Crippen molar-refractivity contribution in [1.29, 1.82) is 0 Å². The van der Waals surface area contributed by atoms with E-state index < -0.39 is 33.8 Å². The first-order valence-electron chi connectivity index (χ1n) is 22.7. The predicted octanol–water partition coefficient (Wildman–Crippen LogP) is 8.46. The van der Waals surface area contributed by atoms with Crippen LogP contribution in [0.25, 0.3) is 43.2 Å². The molecule has 20 heteroatoms. The standard InChI is InChI=1S/C51H52ClFN6O10S2/c1-32-36(15-17-42(46(32)52)67-26-22-58-20-24-59(2,25-21-58)23-9-27-71(62,63)64)44-45-49(55-31-56-50(45)70-47(44)34-14-16-38(53)39(60)28-34)69-43(51(61)66-4)29-33-10-5-7-12-40(33)68-30-35-18-19-54-48(57-35)37-11-6-8-13-41(37)65-3/h5-8,10-19,28,31,43H,9,20-27,29-30H2,1-4H3,(H-,60,62,63,64)/p+1. The van der Waals surface area contributed by atoms with E-state index in [0.717, 1.165) is 36.2 Å². The van der Waals surface area contributed by atoms with Gasteiger partial charge in [0.25, 0.3) is 10.1 Å². The summed E-state index contributed by atoms with van der Waals surface area (Å²) in [5.74, 6) is -0.0966. The van der Waals surface area contributed by atoms with Crippen LogP contribution in [0.1, 0.15) is 23.2 Å². The molecular formula is C51H53ClFN6O10S2+. The van der Waals surface area contributed by atoms with Gasteiger partial charge in [0.15, 0.2) is 17.4 Å². The molecule has 0 radical (unpaired) electrons. The molecule has 1 aliphatic heterocycles. The van der Waals surface area contributed by atoms with Gasteiger partial charge < -0.3 is 33.3 Å². The van der Waals surface area contributed by atoms with Crippen molar-refractivity contribution < 1.29 is 55.4 Å². The molecule has 2 N–H and O–H groups in total. The highest BCUT2D eigenvalue weighted by Gasteiger charge is 2.31. The van der Waals surface area contributed by atoms with Crippen molar-refractivity contribution in [3.05, 3.63) is 125 Å². The van der Waals surface area contributed by atoms with Gasteiger partial charge in [-0.1, -0.05) is 54.1 Å². The summed E-state index contributed by atoms with van der Waals surface area (Å²) in [6.07, 6.45) is 2.18. The van der Waals surface area contributed by atoms with Gasteiger partial charge in [0, 0.05) is 49.1 Å². The number of ether oxygens (including phenoxy) is 5. The molecule has 1 saturated heterocycles. The predicted molar refractivity (Wildman–Crippen MR) is 268 cm³/mol. The number of benzene rings is 4. The van der Waals surface area contributed by atoms with E-state index in [-0.39, 0.29) is 24.7 Å². The van der Waals surface area contributed by atoms with Gasteiger partial charge in [0.1, 0.15) is 41.6 Å². The summed E-state index contributed by atoms with van der Waals surface area (Å²) in [6, 6.07) is 24.2. The number of phenolic OH excluding ortho intramolecular Hbond substituents is 1. The molecule has 1 unspecified atom stereocenters. The van der Waals surface area contributed by atoms with Crippen LogP contribution in [-0.4, -0.2) is 132 Å². The molecule has 0 bridgehead atoms. The van der Waals surface area contributed by atoms with Gasteiger partial charge in [-0.15, -0.1) is 11.3 Å². The molecule has 7 aromatic rings. The van der Waals surface area contributed by atoms with Crippen molar-refractivity contribution in [1.82, 2.24) is 24.8 Å². The van der Waals surface area contributed by atoms with Crippen molar-refractivity contribution in [3.63, 3.8) is 0 Å². The first kappa shape index (κ1) is 50.9. The summed E-state index contributed by atoms with van der Waals surface area (Å²) < 4.78 is 76.8. The lowest BCUT2D eigenvalue weighted by molar-refractivity contribution is -0.913. The highest BCUT2D eigenvalue weighted by molar-refractivity contribution is 7.85. The number of phenols is 1. The summed E-state index contributed by atoms with van der Waals surface area (Å²) in [4.78, 5) is 35.4.